The SMILES string of the molecule is CCC1(C(=O)N2CC(C)(C)OC(C)(C)C2)CCCN1. The van der Waals surface area contributed by atoms with Gasteiger partial charge in [-0.05, 0) is 53.5 Å². The Morgan fingerprint density at radius 2 is 1.79 bits per heavy atom. The summed E-state index contributed by atoms with van der Waals surface area (Å²) in [7, 11) is 0. The maximum atomic E-state index is 12.9. The van der Waals surface area contributed by atoms with E-state index < -0.39 is 0 Å². The van der Waals surface area contributed by atoms with Gasteiger partial charge in [-0.15, -0.1) is 0 Å². The molecule has 0 aromatic carbocycles. The van der Waals surface area contributed by atoms with Crippen molar-refractivity contribution >= 4 is 5.91 Å². The minimum atomic E-state index is -0.330. The van der Waals surface area contributed by atoms with Gasteiger partial charge in [0.25, 0.3) is 0 Å². The Morgan fingerprint density at radius 3 is 2.21 bits per heavy atom. The molecule has 1 N–H and O–H groups in total. The molecule has 2 aliphatic heterocycles. The van der Waals surface area contributed by atoms with Crippen molar-refractivity contribution in [1.29, 1.82) is 0 Å². The van der Waals surface area contributed by atoms with Crippen LogP contribution in [0, 0.1) is 0 Å². The molecule has 4 nitrogen and oxygen atoms in total. The molecule has 1 unspecified atom stereocenters. The maximum absolute atomic E-state index is 12.9. The van der Waals surface area contributed by atoms with Gasteiger partial charge in [0.1, 0.15) is 0 Å². The molecule has 0 aromatic heterocycles. The van der Waals surface area contributed by atoms with Gasteiger partial charge in [0, 0.05) is 13.1 Å². The highest BCUT2D eigenvalue weighted by Gasteiger charge is 2.47. The first-order chi connectivity index (χ1) is 8.70. The quantitative estimate of drug-likeness (QED) is 0.832. The molecular formula is C15H28N2O2. The smallest absolute Gasteiger partial charge is 0.243 e. The van der Waals surface area contributed by atoms with Gasteiger partial charge in [0.2, 0.25) is 5.91 Å². The van der Waals surface area contributed by atoms with Crippen molar-refractivity contribution in [2.24, 2.45) is 0 Å². The van der Waals surface area contributed by atoms with Gasteiger partial charge in [-0.1, -0.05) is 6.92 Å². The molecule has 2 heterocycles. The summed E-state index contributed by atoms with van der Waals surface area (Å²) in [5.74, 6) is 0.261. The van der Waals surface area contributed by atoms with Gasteiger partial charge < -0.3 is 15.0 Å². The first-order valence-electron chi connectivity index (χ1n) is 7.44. The number of nitrogens with one attached hydrogen (secondary N) is 1. The second-order valence-electron chi connectivity index (χ2n) is 7.25. The molecule has 2 saturated heterocycles. The molecule has 1 amide bonds. The summed E-state index contributed by atoms with van der Waals surface area (Å²) in [6.07, 6.45) is 2.92. The molecule has 1 atom stereocenters. The van der Waals surface area contributed by atoms with E-state index in [1.54, 1.807) is 0 Å². The number of carbonyl (C=O) groups is 1. The lowest BCUT2D eigenvalue weighted by Gasteiger charge is -2.49. The highest BCUT2D eigenvalue weighted by atomic mass is 16.5. The van der Waals surface area contributed by atoms with Crippen LogP contribution in [0.4, 0.5) is 0 Å². The number of amides is 1. The summed E-state index contributed by atoms with van der Waals surface area (Å²) in [4.78, 5) is 14.9. The molecule has 0 aliphatic carbocycles. The fraction of sp³-hybridized carbons (Fsp3) is 0.933. The molecule has 110 valence electrons. The van der Waals surface area contributed by atoms with Crippen LogP contribution in [-0.2, 0) is 9.53 Å². The van der Waals surface area contributed by atoms with Crippen molar-refractivity contribution in [2.45, 2.75) is 70.6 Å². The predicted octanol–water partition coefficient (Wildman–Crippen LogP) is 1.93. The summed E-state index contributed by atoms with van der Waals surface area (Å²) in [6, 6.07) is 0. The average Bonchev–Trinajstić information content (AvgIpc) is 2.73. The largest absolute Gasteiger partial charge is 0.366 e. The number of morpholine rings is 1. The number of nitrogens with zero attached hydrogens (tertiary/aromatic N) is 1. The van der Waals surface area contributed by atoms with E-state index in [2.05, 4.69) is 39.9 Å². The van der Waals surface area contributed by atoms with Crippen molar-refractivity contribution in [1.82, 2.24) is 10.2 Å². The van der Waals surface area contributed by atoms with Crippen molar-refractivity contribution in [3.05, 3.63) is 0 Å². The van der Waals surface area contributed by atoms with E-state index >= 15 is 0 Å². The van der Waals surface area contributed by atoms with E-state index in [0.717, 1.165) is 25.8 Å². The van der Waals surface area contributed by atoms with Crippen LogP contribution in [0.3, 0.4) is 0 Å². The third kappa shape index (κ3) is 2.95. The van der Waals surface area contributed by atoms with Gasteiger partial charge >= 0.3 is 0 Å². The van der Waals surface area contributed by atoms with Crippen LogP contribution in [0.5, 0.6) is 0 Å². The lowest BCUT2D eigenvalue weighted by Crippen LogP contribution is -2.64. The Balaban J connectivity index is 2.18. The number of rotatable bonds is 2. The summed E-state index contributed by atoms with van der Waals surface area (Å²) in [5, 5.41) is 3.44. The third-order valence-corrected chi connectivity index (χ3v) is 4.24. The van der Waals surface area contributed by atoms with E-state index in [0.29, 0.717) is 13.1 Å². The van der Waals surface area contributed by atoms with Gasteiger partial charge in [-0.2, -0.15) is 0 Å². The predicted molar refractivity (Wildman–Crippen MR) is 76.1 cm³/mol. The van der Waals surface area contributed by atoms with E-state index in [-0.39, 0.29) is 22.6 Å². The first kappa shape index (κ1) is 14.8. The summed E-state index contributed by atoms with van der Waals surface area (Å²) in [6.45, 7) is 12.7. The monoisotopic (exact) mass is 268 g/mol. The Bertz CT molecular complexity index is 341. The lowest BCUT2D eigenvalue weighted by molar-refractivity contribution is -0.191. The van der Waals surface area contributed by atoms with Crippen LogP contribution in [0.1, 0.15) is 53.9 Å². The van der Waals surface area contributed by atoms with Crippen LogP contribution < -0.4 is 5.32 Å². The Morgan fingerprint density at radius 1 is 1.21 bits per heavy atom. The van der Waals surface area contributed by atoms with E-state index in [1.165, 1.54) is 0 Å². The molecule has 2 aliphatic rings. The molecule has 0 spiro atoms. The highest BCUT2D eigenvalue weighted by molar-refractivity contribution is 5.87. The minimum Gasteiger partial charge on any atom is -0.366 e. The zero-order chi connectivity index (χ0) is 14.3. The van der Waals surface area contributed by atoms with Crippen molar-refractivity contribution in [2.75, 3.05) is 19.6 Å². The van der Waals surface area contributed by atoms with Gasteiger partial charge in [0.15, 0.2) is 0 Å². The average molecular weight is 268 g/mol. The van der Waals surface area contributed by atoms with E-state index in [4.69, 9.17) is 4.74 Å². The molecular weight excluding hydrogens is 240 g/mol. The molecule has 2 rings (SSSR count). The Kier molecular flexibility index (Phi) is 3.69. The fourth-order valence-corrected chi connectivity index (χ4v) is 3.68. The number of ether oxygens (including phenoxy) is 1. The highest BCUT2D eigenvalue weighted by Crippen LogP contribution is 2.32. The zero-order valence-electron chi connectivity index (χ0n) is 13.0. The molecule has 2 fully saturated rings. The molecule has 0 aromatic rings. The van der Waals surface area contributed by atoms with Crippen LogP contribution in [-0.4, -0.2) is 47.2 Å². The van der Waals surface area contributed by atoms with Crippen LogP contribution >= 0.6 is 0 Å². The summed E-state index contributed by atoms with van der Waals surface area (Å²) < 4.78 is 6.06. The Labute approximate surface area is 116 Å². The maximum Gasteiger partial charge on any atom is 0.243 e. The summed E-state index contributed by atoms with van der Waals surface area (Å²) >= 11 is 0. The Hall–Kier alpha value is -0.610. The normalized spacial score (nSPS) is 33.4. The number of carbonyl (C=O) groups excluding carboxylic acids is 1. The second-order valence-corrected chi connectivity index (χ2v) is 7.25. The minimum absolute atomic E-state index is 0.261. The fourth-order valence-electron chi connectivity index (χ4n) is 3.68. The van der Waals surface area contributed by atoms with Crippen LogP contribution in [0.15, 0.2) is 0 Å². The molecule has 0 radical (unpaired) electrons. The second kappa shape index (κ2) is 4.74. The van der Waals surface area contributed by atoms with E-state index in [1.807, 2.05) is 4.90 Å². The van der Waals surface area contributed by atoms with E-state index in [9.17, 15) is 4.79 Å². The molecule has 0 saturated carbocycles. The molecule has 4 heteroatoms. The topological polar surface area (TPSA) is 41.6 Å². The van der Waals surface area contributed by atoms with Crippen LogP contribution in [0.2, 0.25) is 0 Å². The third-order valence-electron chi connectivity index (χ3n) is 4.24. The van der Waals surface area contributed by atoms with Gasteiger partial charge in [0.05, 0.1) is 16.7 Å². The lowest BCUT2D eigenvalue weighted by atomic mass is 9.90. The number of hydrogen-bond acceptors (Lipinski definition) is 3. The molecule has 19 heavy (non-hydrogen) atoms. The van der Waals surface area contributed by atoms with Crippen LogP contribution in [0.25, 0.3) is 0 Å². The standard InChI is InChI=1S/C15H28N2O2/c1-6-15(8-7-9-16-15)12(18)17-10-13(2,3)19-14(4,5)11-17/h16H,6-11H2,1-5H3. The zero-order valence-corrected chi connectivity index (χ0v) is 13.0. The van der Waals surface area contributed by atoms with Crippen molar-refractivity contribution in [3.8, 4) is 0 Å². The molecule has 0 bridgehead atoms. The summed E-state index contributed by atoms with van der Waals surface area (Å²) in [5.41, 5.74) is -0.876. The van der Waals surface area contributed by atoms with Gasteiger partial charge in [-0.3, -0.25) is 4.79 Å². The first-order valence-corrected chi connectivity index (χ1v) is 7.44. The van der Waals surface area contributed by atoms with Crippen molar-refractivity contribution < 1.29 is 9.53 Å². The van der Waals surface area contributed by atoms with Crippen molar-refractivity contribution in [3.63, 3.8) is 0 Å². The number of hydrogen-bond donors (Lipinski definition) is 1. The van der Waals surface area contributed by atoms with Gasteiger partial charge in [-0.25, -0.2) is 0 Å².